The summed E-state index contributed by atoms with van der Waals surface area (Å²) in [6.45, 7) is 4.13. The van der Waals surface area contributed by atoms with E-state index in [4.69, 9.17) is 0 Å². The van der Waals surface area contributed by atoms with Crippen molar-refractivity contribution in [2.75, 3.05) is 0 Å². The molecule has 0 saturated carbocycles. The Bertz CT molecular complexity index is 296. The maximum absolute atomic E-state index is 12.8. The Morgan fingerprint density at radius 2 is 2.14 bits per heavy atom. The number of aryl methyl sites for hydroxylation is 2. The lowest BCUT2D eigenvalue weighted by atomic mass is 10.0. The average molecular weight is 259 g/mol. The zero-order valence-corrected chi connectivity index (χ0v) is 10.3. The van der Waals surface area contributed by atoms with Gasteiger partial charge in [-0.2, -0.15) is 0 Å². The number of hydrogen-bond acceptors (Lipinski definition) is 0. The highest BCUT2D eigenvalue weighted by Crippen LogP contribution is 2.17. The van der Waals surface area contributed by atoms with Gasteiger partial charge in [-0.1, -0.05) is 28.9 Å². The van der Waals surface area contributed by atoms with E-state index in [0.717, 1.165) is 24.8 Å². The SMILES string of the molecule is CCC(Br)CCc1ccc(F)cc1C. The molecule has 0 N–H and O–H groups in total. The second kappa shape index (κ2) is 5.50. The van der Waals surface area contributed by atoms with Crippen molar-refractivity contribution >= 4 is 15.9 Å². The van der Waals surface area contributed by atoms with Crippen LogP contribution in [-0.2, 0) is 6.42 Å². The molecule has 0 aliphatic carbocycles. The predicted molar refractivity (Wildman–Crippen MR) is 62.5 cm³/mol. The Balaban J connectivity index is 2.59. The second-order valence-corrected chi connectivity index (χ2v) is 4.91. The minimum absolute atomic E-state index is 0.142. The lowest BCUT2D eigenvalue weighted by Gasteiger charge is -2.08. The fourth-order valence-corrected chi connectivity index (χ4v) is 1.68. The van der Waals surface area contributed by atoms with Crippen LogP contribution in [-0.4, -0.2) is 4.83 Å². The molecule has 0 bridgehead atoms. The Hall–Kier alpha value is -0.370. The number of benzene rings is 1. The van der Waals surface area contributed by atoms with Crippen LogP contribution in [0, 0.1) is 12.7 Å². The van der Waals surface area contributed by atoms with Gasteiger partial charge < -0.3 is 0 Å². The highest BCUT2D eigenvalue weighted by molar-refractivity contribution is 9.09. The first kappa shape index (κ1) is 11.7. The second-order valence-electron chi connectivity index (χ2n) is 3.62. The third-order valence-electron chi connectivity index (χ3n) is 2.47. The first-order valence-corrected chi connectivity index (χ1v) is 5.94. The summed E-state index contributed by atoms with van der Waals surface area (Å²) in [5, 5.41) is 0. The van der Waals surface area contributed by atoms with Crippen molar-refractivity contribution in [2.24, 2.45) is 0 Å². The molecule has 0 heterocycles. The third kappa shape index (κ3) is 3.41. The van der Waals surface area contributed by atoms with Gasteiger partial charge in [0.1, 0.15) is 5.82 Å². The van der Waals surface area contributed by atoms with Crippen LogP contribution in [0.2, 0.25) is 0 Å². The van der Waals surface area contributed by atoms with Crippen LogP contribution in [0.15, 0.2) is 18.2 Å². The quantitative estimate of drug-likeness (QED) is 0.709. The van der Waals surface area contributed by atoms with E-state index < -0.39 is 0 Å². The van der Waals surface area contributed by atoms with Crippen molar-refractivity contribution in [1.29, 1.82) is 0 Å². The van der Waals surface area contributed by atoms with Crippen LogP contribution < -0.4 is 0 Å². The van der Waals surface area contributed by atoms with E-state index in [9.17, 15) is 4.39 Å². The van der Waals surface area contributed by atoms with Gasteiger partial charge in [-0.25, -0.2) is 4.39 Å². The maximum atomic E-state index is 12.8. The Kier molecular flexibility index (Phi) is 4.59. The van der Waals surface area contributed by atoms with Gasteiger partial charge in [-0.3, -0.25) is 0 Å². The number of rotatable bonds is 4. The normalized spacial score (nSPS) is 12.9. The standard InChI is InChI=1S/C12H16BrF/c1-3-11(13)6-4-10-5-7-12(14)8-9(10)2/h5,7-8,11H,3-4,6H2,1-2H3. The molecule has 0 fully saturated rings. The molecule has 1 aromatic carbocycles. The molecule has 0 aromatic heterocycles. The predicted octanol–water partition coefficient (Wildman–Crippen LogP) is 4.24. The Morgan fingerprint density at radius 1 is 1.43 bits per heavy atom. The maximum Gasteiger partial charge on any atom is 0.123 e. The fraction of sp³-hybridized carbons (Fsp3) is 0.500. The van der Waals surface area contributed by atoms with Crippen LogP contribution in [0.3, 0.4) is 0 Å². The van der Waals surface area contributed by atoms with Gasteiger partial charge in [-0.15, -0.1) is 0 Å². The minimum Gasteiger partial charge on any atom is -0.207 e. The number of halogens is 2. The monoisotopic (exact) mass is 258 g/mol. The molecule has 0 aliphatic heterocycles. The van der Waals surface area contributed by atoms with Crippen LogP contribution in [0.5, 0.6) is 0 Å². The van der Waals surface area contributed by atoms with Gasteiger partial charge in [0.2, 0.25) is 0 Å². The average Bonchev–Trinajstić information content (AvgIpc) is 2.16. The molecule has 0 aliphatic rings. The molecule has 0 nitrogen and oxygen atoms in total. The van der Waals surface area contributed by atoms with Gasteiger partial charge >= 0.3 is 0 Å². The first-order valence-electron chi connectivity index (χ1n) is 5.02. The molecule has 1 atom stereocenters. The van der Waals surface area contributed by atoms with E-state index >= 15 is 0 Å². The zero-order chi connectivity index (χ0) is 10.6. The van der Waals surface area contributed by atoms with E-state index in [-0.39, 0.29) is 5.82 Å². The van der Waals surface area contributed by atoms with Gasteiger partial charge in [0, 0.05) is 4.83 Å². The van der Waals surface area contributed by atoms with Crippen molar-refractivity contribution in [2.45, 2.75) is 37.9 Å². The van der Waals surface area contributed by atoms with E-state index in [2.05, 4.69) is 22.9 Å². The smallest absolute Gasteiger partial charge is 0.123 e. The summed E-state index contributed by atoms with van der Waals surface area (Å²) >= 11 is 3.60. The molecule has 1 rings (SSSR count). The van der Waals surface area contributed by atoms with Crippen LogP contribution >= 0.6 is 15.9 Å². The molecule has 14 heavy (non-hydrogen) atoms. The molecule has 78 valence electrons. The summed E-state index contributed by atoms with van der Waals surface area (Å²) < 4.78 is 12.8. The summed E-state index contributed by atoms with van der Waals surface area (Å²) in [5.41, 5.74) is 2.31. The summed E-state index contributed by atoms with van der Waals surface area (Å²) in [6, 6.07) is 5.03. The van der Waals surface area contributed by atoms with Crippen LogP contribution in [0.4, 0.5) is 4.39 Å². The lowest BCUT2D eigenvalue weighted by Crippen LogP contribution is -1.99. The summed E-state index contributed by atoms with van der Waals surface area (Å²) in [7, 11) is 0. The molecule has 2 heteroatoms. The van der Waals surface area contributed by atoms with Crippen molar-refractivity contribution in [3.8, 4) is 0 Å². The topological polar surface area (TPSA) is 0 Å². The van der Waals surface area contributed by atoms with Gasteiger partial charge in [0.25, 0.3) is 0 Å². The first-order chi connectivity index (χ1) is 6.63. The summed E-state index contributed by atoms with van der Waals surface area (Å²) in [5.74, 6) is -0.142. The molecule has 1 unspecified atom stereocenters. The lowest BCUT2D eigenvalue weighted by molar-refractivity contribution is 0.625. The third-order valence-corrected chi connectivity index (χ3v) is 3.58. The zero-order valence-electron chi connectivity index (χ0n) is 8.69. The summed E-state index contributed by atoms with van der Waals surface area (Å²) in [6.07, 6.45) is 3.28. The van der Waals surface area contributed by atoms with E-state index in [1.54, 1.807) is 6.07 Å². The molecular formula is C12H16BrF. The highest BCUT2D eigenvalue weighted by atomic mass is 79.9. The van der Waals surface area contributed by atoms with Crippen molar-refractivity contribution in [3.63, 3.8) is 0 Å². The van der Waals surface area contributed by atoms with E-state index in [0.29, 0.717) is 4.83 Å². The van der Waals surface area contributed by atoms with E-state index in [1.807, 2.05) is 13.0 Å². The number of hydrogen-bond donors (Lipinski definition) is 0. The Morgan fingerprint density at radius 3 is 2.71 bits per heavy atom. The largest absolute Gasteiger partial charge is 0.207 e. The molecular weight excluding hydrogens is 243 g/mol. The Labute approximate surface area is 93.7 Å². The van der Waals surface area contributed by atoms with E-state index in [1.165, 1.54) is 11.6 Å². The van der Waals surface area contributed by atoms with Crippen LogP contribution in [0.1, 0.15) is 30.9 Å². The van der Waals surface area contributed by atoms with Gasteiger partial charge in [-0.05, 0) is 49.4 Å². The molecule has 1 aromatic rings. The van der Waals surface area contributed by atoms with Gasteiger partial charge in [0.05, 0.1) is 0 Å². The van der Waals surface area contributed by atoms with Crippen molar-refractivity contribution in [3.05, 3.63) is 35.1 Å². The van der Waals surface area contributed by atoms with Gasteiger partial charge in [0.15, 0.2) is 0 Å². The fourth-order valence-electron chi connectivity index (χ4n) is 1.46. The number of alkyl halides is 1. The molecule has 0 spiro atoms. The van der Waals surface area contributed by atoms with Crippen molar-refractivity contribution < 1.29 is 4.39 Å². The molecule has 0 saturated heterocycles. The highest BCUT2D eigenvalue weighted by Gasteiger charge is 2.04. The molecule has 0 amide bonds. The van der Waals surface area contributed by atoms with Crippen LogP contribution in [0.25, 0.3) is 0 Å². The summed E-state index contributed by atoms with van der Waals surface area (Å²) in [4.78, 5) is 0.576. The molecule has 0 radical (unpaired) electrons. The van der Waals surface area contributed by atoms with Crippen molar-refractivity contribution in [1.82, 2.24) is 0 Å². The minimum atomic E-state index is -0.142.